The number of H-pyrrole nitrogens is 2. The molecule has 0 saturated heterocycles. The molecule has 0 fully saturated rings. The highest BCUT2D eigenvalue weighted by Crippen LogP contribution is 2.31. The second kappa shape index (κ2) is 2.76. The second-order valence-electron chi connectivity index (χ2n) is 4.25. The molecular weight excluding hydrogens is 198 g/mol. The fourth-order valence-corrected chi connectivity index (χ4v) is 2.58. The van der Waals surface area contributed by atoms with Gasteiger partial charge in [0.05, 0.1) is 17.4 Å². The number of rotatable bonds is 0. The van der Waals surface area contributed by atoms with Crippen LogP contribution in [0.25, 0.3) is 28.0 Å². The third-order valence-electron chi connectivity index (χ3n) is 3.35. The minimum Gasteiger partial charge on any atom is -0.353 e. The van der Waals surface area contributed by atoms with E-state index in [1.54, 1.807) is 6.33 Å². The normalized spacial score (nSPS) is 14.8. The highest BCUT2D eigenvalue weighted by atomic mass is 14.9. The lowest BCUT2D eigenvalue weighted by Crippen LogP contribution is -1.89. The summed E-state index contributed by atoms with van der Waals surface area (Å²) in [6.45, 7) is 0. The van der Waals surface area contributed by atoms with Crippen molar-refractivity contribution in [2.24, 2.45) is 0 Å². The van der Waals surface area contributed by atoms with E-state index in [1.165, 1.54) is 16.6 Å². The first kappa shape index (κ1) is 8.16. The standard InChI is InChI=1S/C13H11N3/c1-2-4-10-8(3-1)9-5-6-11-13(12(9)16-10)15-7-14-11/h2,4-7,16H,1,3H2,(H,14,15). The van der Waals surface area contributed by atoms with Crippen molar-refractivity contribution in [3.63, 3.8) is 0 Å². The van der Waals surface area contributed by atoms with Gasteiger partial charge in [0.25, 0.3) is 0 Å². The van der Waals surface area contributed by atoms with E-state index in [2.05, 4.69) is 39.2 Å². The number of aromatic nitrogens is 3. The molecule has 0 unspecified atom stereocenters. The van der Waals surface area contributed by atoms with E-state index in [1.807, 2.05) is 0 Å². The zero-order chi connectivity index (χ0) is 10.5. The molecule has 0 atom stereocenters. The number of nitrogens with zero attached hydrogens (tertiary/aromatic N) is 1. The van der Waals surface area contributed by atoms with Crippen LogP contribution in [0.15, 0.2) is 24.5 Å². The Hall–Kier alpha value is -2.03. The number of hydrogen-bond donors (Lipinski definition) is 2. The average molecular weight is 209 g/mol. The predicted octanol–water partition coefficient (Wildman–Crippen LogP) is 3.00. The monoisotopic (exact) mass is 209 g/mol. The molecule has 78 valence electrons. The van der Waals surface area contributed by atoms with Gasteiger partial charge in [-0.25, -0.2) is 4.98 Å². The van der Waals surface area contributed by atoms with Crippen LogP contribution < -0.4 is 0 Å². The first-order valence-electron chi connectivity index (χ1n) is 5.56. The van der Waals surface area contributed by atoms with Gasteiger partial charge in [-0.15, -0.1) is 0 Å². The molecule has 1 aliphatic rings. The highest BCUT2D eigenvalue weighted by molar-refractivity contribution is 6.04. The largest absolute Gasteiger partial charge is 0.353 e. The number of aromatic amines is 2. The number of allylic oxidation sites excluding steroid dienone is 1. The van der Waals surface area contributed by atoms with Gasteiger partial charge in [-0.1, -0.05) is 12.1 Å². The van der Waals surface area contributed by atoms with Crippen molar-refractivity contribution in [2.45, 2.75) is 12.8 Å². The van der Waals surface area contributed by atoms with Gasteiger partial charge in [-0.05, 0) is 30.5 Å². The van der Waals surface area contributed by atoms with E-state index >= 15 is 0 Å². The first-order chi connectivity index (χ1) is 7.93. The molecular formula is C13H11N3. The zero-order valence-corrected chi connectivity index (χ0v) is 8.75. The highest BCUT2D eigenvalue weighted by Gasteiger charge is 2.14. The van der Waals surface area contributed by atoms with Gasteiger partial charge in [-0.2, -0.15) is 0 Å². The van der Waals surface area contributed by atoms with Crippen molar-refractivity contribution in [3.05, 3.63) is 35.8 Å². The second-order valence-corrected chi connectivity index (χ2v) is 4.25. The first-order valence-corrected chi connectivity index (χ1v) is 5.56. The minimum atomic E-state index is 1.04. The van der Waals surface area contributed by atoms with Crippen LogP contribution in [0, 0.1) is 0 Å². The van der Waals surface area contributed by atoms with E-state index < -0.39 is 0 Å². The summed E-state index contributed by atoms with van der Waals surface area (Å²) < 4.78 is 0. The lowest BCUT2D eigenvalue weighted by Gasteiger charge is -2.03. The van der Waals surface area contributed by atoms with Crippen molar-refractivity contribution < 1.29 is 0 Å². The Morgan fingerprint density at radius 1 is 1.25 bits per heavy atom. The molecule has 1 aliphatic carbocycles. The van der Waals surface area contributed by atoms with Crippen LogP contribution in [0.3, 0.4) is 0 Å². The van der Waals surface area contributed by atoms with Crippen LogP contribution >= 0.6 is 0 Å². The predicted molar refractivity (Wildman–Crippen MR) is 65.3 cm³/mol. The van der Waals surface area contributed by atoms with Crippen LogP contribution in [0.2, 0.25) is 0 Å². The third kappa shape index (κ3) is 0.902. The Labute approximate surface area is 92.2 Å². The molecule has 16 heavy (non-hydrogen) atoms. The maximum atomic E-state index is 4.38. The summed E-state index contributed by atoms with van der Waals surface area (Å²) in [7, 11) is 0. The van der Waals surface area contributed by atoms with Crippen LogP contribution in [0.4, 0.5) is 0 Å². The Kier molecular flexibility index (Phi) is 1.41. The van der Waals surface area contributed by atoms with Gasteiger partial charge in [-0.3, -0.25) is 0 Å². The number of fused-ring (bicyclic) bond motifs is 5. The van der Waals surface area contributed by atoms with Crippen LogP contribution in [0.5, 0.6) is 0 Å². The molecule has 0 amide bonds. The fourth-order valence-electron chi connectivity index (χ4n) is 2.58. The number of nitrogens with one attached hydrogen (secondary N) is 2. The van der Waals surface area contributed by atoms with Gasteiger partial charge in [0.2, 0.25) is 0 Å². The van der Waals surface area contributed by atoms with Crippen LogP contribution in [-0.4, -0.2) is 15.0 Å². The molecule has 2 N–H and O–H groups in total. The minimum absolute atomic E-state index is 1.04. The van der Waals surface area contributed by atoms with Gasteiger partial charge in [0, 0.05) is 11.1 Å². The fraction of sp³-hybridized carbons (Fsp3) is 0.154. The molecule has 3 aromatic rings. The van der Waals surface area contributed by atoms with E-state index in [-0.39, 0.29) is 0 Å². The molecule has 0 aliphatic heterocycles. The Balaban J connectivity index is 2.23. The van der Waals surface area contributed by atoms with E-state index in [0.29, 0.717) is 0 Å². The lowest BCUT2D eigenvalue weighted by atomic mass is 10.0. The van der Waals surface area contributed by atoms with E-state index in [0.717, 1.165) is 29.4 Å². The molecule has 0 radical (unpaired) electrons. The summed E-state index contributed by atoms with van der Waals surface area (Å²) in [6, 6.07) is 4.29. The molecule has 2 aromatic heterocycles. The topological polar surface area (TPSA) is 44.5 Å². The Bertz CT molecular complexity index is 715. The van der Waals surface area contributed by atoms with Crippen molar-refractivity contribution in [1.29, 1.82) is 0 Å². The van der Waals surface area contributed by atoms with Crippen LogP contribution in [0.1, 0.15) is 17.7 Å². The van der Waals surface area contributed by atoms with E-state index in [9.17, 15) is 0 Å². The maximum Gasteiger partial charge on any atom is 0.112 e. The maximum absolute atomic E-state index is 4.38. The van der Waals surface area contributed by atoms with Crippen molar-refractivity contribution in [2.75, 3.05) is 0 Å². The molecule has 3 nitrogen and oxygen atoms in total. The lowest BCUT2D eigenvalue weighted by molar-refractivity contribution is 0.992. The Morgan fingerprint density at radius 2 is 2.25 bits per heavy atom. The van der Waals surface area contributed by atoms with Gasteiger partial charge >= 0.3 is 0 Å². The quantitative estimate of drug-likeness (QED) is 0.587. The Morgan fingerprint density at radius 3 is 3.25 bits per heavy atom. The van der Waals surface area contributed by atoms with Crippen molar-refractivity contribution in [1.82, 2.24) is 15.0 Å². The average Bonchev–Trinajstić information content (AvgIpc) is 2.92. The molecule has 0 saturated carbocycles. The SMILES string of the molecule is C1=Cc2[nH]c3c(ccc4[nH]cnc43)c2CC1. The number of aryl methyl sites for hydroxylation is 1. The summed E-state index contributed by atoms with van der Waals surface area (Å²) in [6.07, 6.45) is 8.41. The van der Waals surface area contributed by atoms with Crippen molar-refractivity contribution >= 4 is 28.0 Å². The van der Waals surface area contributed by atoms with Gasteiger partial charge < -0.3 is 9.97 Å². The molecule has 4 rings (SSSR count). The molecule has 0 spiro atoms. The summed E-state index contributed by atoms with van der Waals surface area (Å²) in [5, 5.41) is 1.32. The van der Waals surface area contributed by atoms with E-state index in [4.69, 9.17) is 0 Å². The summed E-state index contributed by atoms with van der Waals surface area (Å²) in [4.78, 5) is 11.0. The zero-order valence-electron chi connectivity index (χ0n) is 8.75. The molecule has 3 heteroatoms. The van der Waals surface area contributed by atoms with Crippen molar-refractivity contribution in [3.8, 4) is 0 Å². The molecule has 0 bridgehead atoms. The summed E-state index contributed by atoms with van der Waals surface area (Å²) in [5.41, 5.74) is 5.98. The summed E-state index contributed by atoms with van der Waals surface area (Å²) in [5.74, 6) is 0. The molecule has 2 heterocycles. The summed E-state index contributed by atoms with van der Waals surface area (Å²) >= 11 is 0. The van der Waals surface area contributed by atoms with Gasteiger partial charge in [0.15, 0.2) is 0 Å². The van der Waals surface area contributed by atoms with Crippen LogP contribution in [-0.2, 0) is 6.42 Å². The molecule has 1 aromatic carbocycles. The smallest absolute Gasteiger partial charge is 0.112 e. The van der Waals surface area contributed by atoms with Gasteiger partial charge in [0.1, 0.15) is 5.52 Å². The third-order valence-corrected chi connectivity index (χ3v) is 3.35. The number of benzene rings is 1. The number of hydrogen-bond acceptors (Lipinski definition) is 1. The number of imidazole rings is 1.